The number of imide groups is 1. The number of aryl methyl sites for hydroxylation is 1. The molecule has 1 saturated heterocycles. The lowest BCUT2D eigenvalue weighted by molar-refractivity contribution is -0.138. The van der Waals surface area contributed by atoms with E-state index in [0.29, 0.717) is 31.4 Å². The van der Waals surface area contributed by atoms with Crippen molar-refractivity contribution in [1.82, 2.24) is 10.3 Å². The summed E-state index contributed by atoms with van der Waals surface area (Å²) in [5.41, 5.74) is 3.23. The number of hydrogen-bond acceptors (Lipinski definition) is 3. The second-order valence-corrected chi connectivity index (χ2v) is 8.15. The summed E-state index contributed by atoms with van der Waals surface area (Å²) in [4.78, 5) is 39.7. The maximum Gasteiger partial charge on any atom is 0.237 e. The molecule has 0 saturated carbocycles. The van der Waals surface area contributed by atoms with Crippen LogP contribution in [0.4, 0.5) is 5.69 Å². The number of H-pyrrole nitrogens is 1. The van der Waals surface area contributed by atoms with Crippen LogP contribution in [0.25, 0.3) is 10.9 Å². The molecule has 1 atom stereocenters. The molecule has 6 heteroatoms. The van der Waals surface area contributed by atoms with E-state index in [2.05, 4.69) is 21.7 Å². The van der Waals surface area contributed by atoms with E-state index in [-0.39, 0.29) is 17.7 Å². The third-order valence-corrected chi connectivity index (χ3v) is 6.32. The molecule has 3 N–H and O–H groups in total. The standard InChI is InChI=1S/C25H27N3O3/c1-2-25(15-14-23(30)28-24(25)31)18-10-12-19(13-11-18)27-22(29)9-5-6-17-16-26-21-8-4-3-7-20(17)21/h3-4,7-8,10-13,16,26H,2,5-6,9,14-15H2,1H3,(H,27,29)(H,28,30,31)/t25-/m1/s1. The van der Waals surface area contributed by atoms with Gasteiger partial charge in [-0.15, -0.1) is 0 Å². The van der Waals surface area contributed by atoms with Gasteiger partial charge in [-0.2, -0.15) is 0 Å². The van der Waals surface area contributed by atoms with Crippen LogP contribution in [0.3, 0.4) is 0 Å². The number of carbonyl (C=O) groups is 3. The highest BCUT2D eigenvalue weighted by Crippen LogP contribution is 2.36. The second kappa shape index (κ2) is 8.76. The number of para-hydroxylation sites is 1. The Kier molecular flexibility index (Phi) is 5.89. The van der Waals surface area contributed by atoms with Crippen molar-refractivity contribution >= 4 is 34.3 Å². The predicted molar refractivity (Wildman–Crippen MR) is 121 cm³/mol. The first-order chi connectivity index (χ1) is 15.0. The van der Waals surface area contributed by atoms with Crippen molar-refractivity contribution in [3.63, 3.8) is 0 Å². The van der Waals surface area contributed by atoms with Crippen molar-refractivity contribution in [2.75, 3.05) is 5.32 Å². The Morgan fingerprint density at radius 2 is 1.87 bits per heavy atom. The summed E-state index contributed by atoms with van der Waals surface area (Å²) in [6.07, 6.45) is 5.51. The molecule has 2 heterocycles. The Morgan fingerprint density at radius 1 is 1.10 bits per heavy atom. The smallest absolute Gasteiger partial charge is 0.237 e. The fourth-order valence-electron chi connectivity index (χ4n) is 4.44. The van der Waals surface area contributed by atoms with Crippen LogP contribution in [0.15, 0.2) is 54.7 Å². The van der Waals surface area contributed by atoms with Gasteiger partial charge < -0.3 is 10.3 Å². The van der Waals surface area contributed by atoms with E-state index >= 15 is 0 Å². The molecular formula is C25H27N3O3. The molecular weight excluding hydrogens is 390 g/mol. The number of benzene rings is 2. The summed E-state index contributed by atoms with van der Waals surface area (Å²) in [6, 6.07) is 15.6. The molecule has 31 heavy (non-hydrogen) atoms. The number of fused-ring (bicyclic) bond motifs is 1. The highest BCUT2D eigenvalue weighted by Gasteiger charge is 2.42. The fraction of sp³-hybridized carbons (Fsp3) is 0.320. The third-order valence-electron chi connectivity index (χ3n) is 6.32. The number of hydrogen-bond donors (Lipinski definition) is 3. The van der Waals surface area contributed by atoms with E-state index in [0.717, 1.165) is 23.9 Å². The number of amides is 3. The molecule has 0 aliphatic carbocycles. The van der Waals surface area contributed by atoms with Gasteiger partial charge in [0.15, 0.2) is 0 Å². The first-order valence-corrected chi connectivity index (χ1v) is 10.8. The molecule has 1 aliphatic heterocycles. The van der Waals surface area contributed by atoms with Gasteiger partial charge in [0.2, 0.25) is 17.7 Å². The normalized spacial score (nSPS) is 18.7. The highest BCUT2D eigenvalue weighted by molar-refractivity contribution is 6.03. The monoisotopic (exact) mass is 417 g/mol. The summed E-state index contributed by atoms with van der Waals surface area (Å²) >= 11 is 0. The average molecular weight is 418 g/mol. The summed E-state index contributed by atoms with van der Waals surface area (Å²) < 4.78 is 0. The number of nitrogens with one attached hydrogen (secondary N) is 3. The van der Waals surface area contributed by atoms with E-state index in [1.54, 1.807) is 0 Å². The second-order valence-electron chi connectivity index (χ2n) is 8.15. The van der Waals surface area contributed by atoms with Crippen LogP contribution in [-0.2, 0) is 26.2 Å². The van der Waals surface area contributed by atoms with E-state index in [9.17, 15) is 14.4 Å². The van der Waals surface area contributed by atoms with Crippen LogP contribution in [-0.4, -0.2) is 22.7 Å². The van der Waals surface area contributed by atoms with Gasteiger partial charge in [-0.05, 0) is 55.0 Å². The first kappa shape index (κ1) is 20.8. The predicted octanol–water partition coefficient (Wildman–Crippen LogP) is 4.21. The molecule has 3 amide bonds. The number of aromatic nitrogens is 1. The zero-order valence-electron chi connectivity index (χ0n) is 17.7. The third kappa shape index (κ3) is 4.24. The van der Waals surface area contributed by atoms with Crippen LogP contribution in [0.2, 0.25) is 0 Å². The molecule has 3 aromatic rings. The summed E-state index contributed by atoms with van der Waals surface area (Å²) in [5, 5.41) is 6.60. The quantitative estimate of drug-likeness (QED) is 0.503. The maximum atomic E-state index is 12.5. The molecule has 1 fully saturated rings. The minimum Gasteiger partial charge on any atom is -0.361 e. The van der Waals surface area contributed by atoms with Crippen molar-refractivity contribution < 1.29 is 14.4 Å². The fourth-order valence-corrected chi connectivity index (χ4v) is 4.44. The van der Waals surface area contributed by atoms with Crippen molar-refractivity contribution in [3.8, 4) is 0 Å². The van der Waals surface area contributed by atoms with Crippen molar-refractivity contribution in [3.05, 3.63) is 65.9 Å². The molecule has 2 aromatic carbocycles. The number of carbonyl (C=O) groups excluding carboxylic acids is 3. The molecule has 1 aromatic heterocycles. The lowest BCUT2D eigenvalue weighted by Crippen LogP contribution is -2.51. The van der Waals surface area contributed by atoms with E-state index in [4.69, 9.17) is 0 Å². The lowest BCUT2D eigenvalue weighted by Gasteiger charge is -2.35. The van der Waals surface area contributed by atoms with Gasteiger partial charge in [0, 0.05) is 35.6 Å². The Morgan fingerprint density at radius 3 is 2.61 bits per heavy atom. The highest BCUT2D eigenvalue weighted by atomic mass is 16.2. The molecule has 4 rings (SSSR count). The molecule has 0 radical (unpaired) electrons. The van der Waals surface area contributed by atoms with Crippen LogP contribution in [0.1, 0.15) is 50.2 Å². The molecule has 0 spiro atoms. The van der Waals surface area contributed by atoms with Crippen molar-refractivity contribution in [2.24, 2.45) is 0 Å². The van der Waals surface area contributed by atoms with Gasteiger partial charge in [-0.3, -0.25) is 19.7 Å². The van der Waals surface area contributed by atoms with Crippen LogP contribution in [0, 0.1) is 0 Å². The largest absolute Gasteiger partial charge is 0.361 e. The van der Waals surface area contributed by atoms with Gasteiger partial charge in [-0.1, -0.05) is 37.3 Å². The minimum absolute atomic E-state index is 0.0289. The molecule has 1 aliphatic rings. The van der Waals surface area contributed by atoms with Crippen LogP contribution >= 0.6 is 0 Å². The zero-order chi connectivity index (χ0) is 21.8. The minimum atomic E-state index is -0.685. The van der Waals surface area contributed by atoms with E-state index in [1.807, 2.05) is 55.6 Å². The zero-order valence-corrected chi connectivity index (χ0v) is 17.7. The molecule has 160 valence electrons. The lowest BCUT2D eigenvalue weighted by atomic mass is 9.72. The van der Waals surface area contributed by atoms with Crippen LogP contribution in [0.5, 0.6) is 0 Å². The molecule has 0 bridgehead atoms. The summed E-state index contributed by atoms with van der Waals surface area (Å²) in [6.45, 7) is 1.96. The number of anilines is 1. The van der Waals surface area contributed by atoms with Crippen molar-refractivity contribution in [2.45, 2.75) is 50.9 Å². The Balaban J connectivity index is 1.34. The summed E-state index contributed by atoms with van der Waals surface area (Å²) in [7, 11) is 0. The number of rotatable bonds is 7. The Bertz CT molecular complexity index is 1120. The van der Waals surface area contributed by atoms with Gasteiger partial charge >= 0.3 is 0 Å². The molecule has 0 unspecified atom stereocenters. The van der Waals surface area contributed by atoms with E-state index < -0.39 is 5.41 Å². The van der Waals surface area contributed by atoms with Gasteiger partial charge in [0.1, 0.15) is 0 Å². The Labute approximate surface area is 181 Å². The maximum absolute atomic E-state index is 12.5. The summed E-state index contributed by atoms with van der Waals surface area (Å²) in [5.74, 6) is -0.482. The topological polar surface area (TPSA) is 91.1 Å². The Hall–Kier alpha value is -3.41. The van der Waals surface area contributed by atoms with Crippen LogP contribution < -0.4 is 10.6 Å². The first-order valence-electron chi connectivity index (χ1n) is 10.8. The SMILES string of the molecule is CC[C@]1(c2ccc(NC(=O)CCCc3c[nH]c4ccccc34)cc2)CCC(=O)NC1=O. The van der Waals surface area contributed by atoms with E-state index in [1.165, 1.54) is 10.9 Å². The van der Waals surface area contributed by atoms with Gasteiger partial charge in [0.05, 0.1) is 5.41 Å². The van der Waals surface area contributed by atoms with Gasteiger partial charge in [0.25, 0.3) is 0 Å². The van der Waals surface area contributed by atoms with Crippen molar-refractivity contribution in [1.29, 1.82) is 0 Å². The van der Waals surface area contributed by atoms with Gasteiger partial charge in [-0.25, -0.2) is 0 Å². The number of aromatic amines is 1. The number of piperidine rings is 1. The average Bonchev–Trinajstić information content (AvgIpc) is 3.18. The molecule has 6 nitrogen and oxygen atoms in total.